The van der Waals surface area contributed by atoms with E-state index in [2.05, 4.69) is 51.1 Å². The van der Waals surface area contributed by atoms with Crippen molar-refractivity contribution in [1.82, 2.24) is 24.8 Å². The lowest BCUT2D eigenvalue weighted by Gasteiger charge is -2.12. The van der Waals surface area contributed by atoms with Crippen molar-refractivity contribution in [3.63, 3.8) is 0 Å². The third-order valence-corrected chi connectivity index (χ3v) is 6.21. The van der Waals surface area contributed by atoms with Gasteiger partial charge < -0.3 is 24.7 Å². The smallest absolute Gasteiger partial charge is 0.269 e. The number of carbonyl (C=O) groups is 1. The molecular formula is C29H32N6O3. The maximum absolute atomic E-state index is 11.9. The second-order valence-corrected chi connectivity index (χ2v) is 8.63. The number of rotatable bonds is 8. The van der Waals surface area contributed by atoms with Gasteiger partial charge in [0.1, 0.15) is 17.2 Å². The minimum atomic E-state index is -0.273. The molecule has 3 heterocycles. The van der Waals surface area contributed by atoms with Gasteiger partial charge in [0.25, 0.3) is 5.91 Å². The van der Waals surface area contributed by atoms with Gasteiger partial charge in [-0.25, -0.2) is 9.97 Å². The van der Waals surface area contributed by atoms with Crippen molar-refractivity contribution in [2.75, 3.05) is 19.5 Å². The lowest BCUT2D eigenvalue weighted by Crippen LogP contribution is -2.18. The quantitative estimate of drug-likeness (QED) is 0.254. The summed E-state index contributed by atoms with van der Waals surface area (Å²) in [5, 5.41) is 6.05. The Morgan fingerprint density at radius 1 is 1.00 bits per heavy atom. The molecule has 38 heavy (non-hydrogen) atoms. The van der Waals surface area contributed by atoms with E-state index in [0.29, 0.717) is 17.4 Å². The molecule has 1 amide bonds. The Balaban J connectivity index is 0.00000220. The number of methoxy groups -OCH3 is 1. The standard InChI is InChI=1S/C29H28N6O3.2H2/c1-5-35-26-9-8-21(38-22-11-13-31-25(17-22)28(36)30-3)16-24(26)34-29(35)33-20-7-6-18(2)23(15-20)19-10-12-32-27(14-19)37-4;;/h6-17H,5H2,1-4H3,(H,30,36)(H,33,34);2*1H. The van der Waals surface area contributed by atoms with Gasteiger partial charge in [-0.1, -0.05) is 6.07 Å². The number of nitrogens with zero attached hydrogens (tertiary/aromatic N) is 4. The van der Waals surface area contributed by atoms with Crippen LogP contribution >= 0.6 is 0 Å². The maximum Gasteiger partial charge on any atom is 0.269 e. The first kappa shape index (κ1) is 24.8. The van der Waals surface area contributed by atoms with Crippen LogP contribution in [0.5, 0.6) is 17.4 Å². The Labute approximate surface area is 223 Å². The topological polar surface area (TPSA) is 103 Å². The van der Waals surface area contributed by atoms with E-state index >= 15 is 0 Å². The van der Waals surface area contributed by atoms with Gasteiger partial charge in [-0.2, -0.15) is 0 Å². The van der Waals surface area contributed by atoms with Gasteiger partial charge in [0.05, 0.1) is 18.1 Å². The molecule has 2 aromatic carbocycles. The molecule has 9 heteroatoms. The summed E-state index contributed by atoms with van der Waals surface area (Å²) in [5.41, 5.74) is 6.23. The summed E-state index contributed by atoms with van der Waals surface area (Å²) in [6.07, 6.45) is 3.29. The molecule has 9 nitrogen and oxygen atoms in total. The lowest BCUT2D eigenvalue weighted by atomic mass is 10.0. The van der Waals surface area contributed by atoms with Gasteiger partial charge in [0.15, 0.2) is 0 Å². The average molecular weight is 513 g/mol. The minimum Gasteiger partial charge on any atom is -0.481 e. The van der Waals surface area contributed by atoms with E-state index in [1.165, 1.54) is 0 Å². The first-order valence-corrected chi connectivity index (χ1v) is 12.2. The molecule has 2 N–H and O–H groups in total. The number of ether oxygens (including phenoxy) is 2. The Bertz CT molecular complexity index is 1640. The summed E-state index contributed by atoms with van der Waals surface area (Å²) >= 11 is 0. The van der Waals surface area contributed by atoms with Crippen molar-refractivity contribution in [3.8, 4) is 28.5 Å². The van der Waals surface area contributed by atoms with Crippen molar-refractivity contribution < 1.29 is 17.1 Å². The number of benzene rings is 2. The van der Waals surface area contributed by atoms with Crippen LogP contribution in [0.1, 0.15) is 25.8 Å². The van der Waals surface area contributed by atoms with Crippen LogP contribution in [0.25, 0.3) is 22.2 Å². The zero-order chi connectivity index (χ0) is 26.6. The molecule has 5 aromatic rings. The SMILES string of the molecule is CCn1c(Nc2ccc(C)c(-c3ccnc(OC)c3)c2)nc2cc(Oc3ccnc(C(=O)NC)c3)ccc21.[HH].[HH]. The molecular weight excluding hydrogens is 480 g/mol. The van der Waals surface area contributed by atoms with Gasteiger partial charge in [-0.05, 0) is 66.9 Å². The van der Waals surface area contributed by atoms with Crippen molar-refractivity contribution >= 4 is 28.6 Å². The molecule has 0 saturated heterocycles. The summed E-state index contributed by atoms with van der Waals surface area (Å²) in [6, 6.07) is 19.2. The van der Waals surface area contributed by atoms with E-state index in [-0.39, 0.29) is 14.5 Å². The zero-order valence-corrected chi connectivity index (χ0v) is 21.6. The van der Waals surface area contributed by atoms with E-state index in [0.717, 1.165) is 45.9 Å². The number of fused-ring (bicyclic) bond motifs is 1. The highest BCUT2D eigenvalue weighted by Crippen LogP contribution is 2.32. The molecule has 0 aliphatic heterocycles. The summed E-state index contributed by atoms with van der Waals surface area (Å²) < 4.78 is 13.4. The molecule has 196 valence electrons. The van der Waals surface area contributed by atoms with E-state index < -0.39 is 0 Å². The molecule has 0 spiro atoms. The van der Waals surface area contributed by atoms with Crippen LogP contribution in [0.3, 0.4) is 0 Å². The highest BCUT2D eigenvalue weighted by atomic mass is 16.5. The van der Waals surface area contributed by atoms with Crippen molar-refractivity contribution in [1.29, 1.82) is 0 Å². The van der Waals surface area contributed by atoms with Crippen molar-refractivity contribution in [2.24, 2.45) is 0 Å². The van der Waals surface area contributed by atoms with Gasteiger partial charge in [-0.15, -0.1) is 0 Å². The van der Waals surface area contributed by atoms with Crippen LogP contribution in [0, 0.1) is 6.92 Å². The highest BCUT2D eigenvalue weighted by molar-refractivity contribution is 5.92. The Kier molecular flexibility index (Phi) is 6.90. The monoisotopic (exact) mass is 512 g/mol. The largest absolute Gasteiger partial charge is 0.481 e. The first-order valence-electron chi connectivity index (χ1n) is 12.2. The molecule has 0 bridgehead atoms. The van der Waals surface area contributed by atoms with Crippen LogP contribution in [0.4, 0.5) is 11.6 Å². The average Bonchev–Trinajstić information content (AvgIpc) is 3.29. The number of carbonyl (C=O) groups excluding carboxylic acids is 1. The number of hydrogen-bond acceptors (Lipinski definition) is 7. The predicted octanol–water partition coefficient (Wildman–Crippen LogP) is 6.22. The second-order valence-electron chi connectivity index (χ2n) is 8.63. The number of pyridine rings is 2. The van der Waals surface area contributed by atoms with Gasteiger partial charge in [-0.3, -0.25) is 9.78 Å². The normalized spacial score (nSPS) is 10.8. The number of aromatic nitrogens is 4. The molecule has 0 aliphatic carbocycles. The van der Waals surface area contributed by atoms with Crippen molar-refractivity contribution in [2.45, 2.75) is 20.4 Å². The summed E-state index contributed by atoms with van der Waals surface area (Å²) in [7, 11) is 3.18. The number of anilines is 2. The lowest BCUT2D eigenvalue weighted by molar-refractivity contribution is 0.0958. The van der Waals surface area contributed by atoms with Crippen LogP contribution in [-0.2, 0) is 6.54 Å². The zero-order valence-electron chi connectivity index (χ0n) is 21.6. The first-order chi connectivity index (χ1) is 18.5. The molecule has 0 atom stereocenters. The summed E-state index contributed by atoms with van der Waals surface area (Å²) in [4.78, 5) is 25.1. The number of nitrogens with one attached hydrogen (secondary N) is 2. The van der Waals surface area contributed by atoms with E-state index in [1.54, 1.807) is 38.7 Å². The van der Waals surface area contributed by atoms with Crippen molar-refractivity contribution in [3.05, 3.63) is 84.3 Å². The molecule has 0 aliphatic rings. The fourth-order valence-electron chi connectivity index (χ4n) is 4.28. The number of imidazole rings is 1. The number of aryl methyl sites for hydroxylation is 2. The molecule has 0 radical (unpaired) electrons. The number of amides is 1. The highest BCUT2D eigenvalue weighted by Gasteiger charge is 2.13. The molecule has 5 rings (SSSR count). The second kappa shape index (κ2) is 10.6. The summed E-state index contributed by atoms with van der Waals surface area (Å²) in [6.45, 7) is 4.90. The maximum atomic E-state index is 11.9. The summed E-state index contributed by atoms with van der Waals surface area (Å²) in [5.74, 6) is 2.16. The van der Waals surface area contributed by atoms with Crippen LogP contribution in [-0.4, -0.2) is 39.6 Å². The van der Waals surface area contributed by atoms with Crippen LogP contribution in [0.15, 0.2) is 73.1 Å². The Hall–Kier alpha value is -4.92. The third-order valence-electron chi connectivity index (χ3n) is 6.21. The van der Waals surface area contributed by atoms with E-state index in [9.17, 15) is 4.79 Å². The Morgan fingerprint density at radius 3 is 2.61 bits per heavy atom. The van der Waals surface area contributed by atoms with Crippen LogP contribution < -0.4 is 20.1 Å². The fraction of sp³-hybridized carbons (Fsp3) is 0.172. The Morgan fingerprint density at radius 2 is 1.82 bits per heavy atom. The third kappa shape index (κ3) is 4.99. The fourth-order valence-corrected chi connectivity index (χ4v) is 4.28. The molecule has 0 unspecified atom stereocenters. The van der Waals surface area contributed by atoms with Gasteiger partial charge in [0.2, 0.25) is 11.8 Å². The van der Waals surface area contributed by atoms with Crippen LogP contribution in [0.2, 0.25) is 0 Å². The van der Waals surface area contributed by atoms with E-state index in [1.807, 2.05) is 36.4 Å². The predicted molar refractivity (Wildman–Crippen MR) is 152 cm³/mol. The van der Waals surface area contributed by atoms with Gasteiger partial charge in [0, 0.05) is 52.7 Å². The van der Waals surface area contributed by atoms with Gasteiger partial charge >= 0.3 is 0 Å². The number of hydrogen-bond donors (Lipinski definition) is 2. The molecule has 0 saturated carbocycles. The molecule has 3 aromatic heterocycles. The van der Waals surface area contributed by atoms with E-state index in [4.69, 9.17) is 14.5 Å². The molecule has 0 fully saturated rings. The minimum absolute atomic E-state index is 0.